The summed E-state index contributed by atoms with van der Waals surface area (Å²) < 4.78 is 68.2. The van der Waals surface area contributed by atoms with Crippen LogP contribution in [0.4, 0.5) is 0 Å². The average Bonchev–Trinajstić information content (AvgIpc) is 3.32. The van der Waals surface area contributed by atoms with Crippen LogP contribution in [0.15, 0.2) is 0 Å². The molecule has 4 unspecified atom stereocenters. The largest absolute Gasteiger partial charge is 0.472 e. The highest BCUT2D eigenvalue weighted by Gasteiger charge is 2.30. The van der Waals surface area contributed by atoms with Gasteiger partial charge in [-0.15, -0.1) is 0 Å². The summed E-state index contributed by atoms with van der Waals surface area (Å²) >= 11 is 0. The van der Waals surface area contributed by atoms with E-state index in [2.05, 4.69) is 55.4 Å². The van der Waals surface area contributed by atoms with Crippen molar-refractivity contribution in [3.05, 3.63) is 0 Å². The number of phosphoric ester groups is 2. The van der Waals surface area contributed by atoms with Crippen LogP contribution in [0, 0.1) is 23.7 Å². The molecule has 0 aliphatic rings. The van der Waals surface area contributed by atoms with Gasteiger partial charge in [-0.1, -0.05) is 306 Å². The third kappa shape index (κ3) is 63.9. The summed E-state index contributed by atoms with van der Waals surface area (Å²) in [7, 11) is -9.90. The first-order chi connectivity index (χ1) is 43.7. The number of unbranched alkanes of at least 4 members (excludes halogenated alkanes) is 33. The van der Waals surface area contributed by atoms with Gasteiger partial charge in [0.05, 0.1) is 26.4 Å². The Morgan fingerprint density at radius 2 is 0.527 bits per heavy atom. The number of rotatable bonds is 69. The van der Waals surface area contributed by atoms with Crippen LogP contribution in [0.2, 0.25) is 0 Å². The van der Waals surface area contributed by atoms with Gasteiger partial charge in [0.25, 0.3) is 0 Å². The molecular formula is C72H140O17P2. The first-order valence-corrected chi connectivity index (χ1v) is 40.3. The van der Waals surface area contributed by atoms with Gasteiger partial charge in [0.2, 0.25) is 0 Å². The van der Waals surface area contributed by atoms with E-state index in [1.54, 1.807) is 0 Å². The third-order valence-corrected chi connectivity index (χ3v) is 19.2. The number of aliphatic hydroxyl groups excluding tert-OH is 1. The summed E-state index contributed by atoms with van der Waals surface area (Å²) in [5.41, 5.74) is 0. The Hall–Kier alpha value is -1.94. The summed E-state index contributed by atoms with van der Waals surface area (Å²) in [4.78, 5) is 72.4. The first-order valence-electron chi connectivity index (χ1n) is 37.3. The van der Waals surface area contributed by atoms with Gasteiger partial charge < -0.3 is 33.8 Å². The lowest BCUT2D eigenvalue weighted by molar-refractivity contribution is -0.161. The van der Waals surface area contributed by atoms with E-state index in [0.29, 0.717) is 37.5 Å². The summed E-state index contributed by atoms with van der Waals surface area (Å²) in [6.45, 7) is 14.0. The normalized spacial score (nSPS) is 14.8. The average molecular weight is 1340 g/mol. The van der Waals surface area contributed by atoms with Crippen molar-refractivity contribution in [2.75, 3.05) is 39.6 Å². The van der Waals surface area contributed by atoms with E-state index >= 15 is 0 Å². The van der Waals surface area contributed by atoms with Crippen LogP contribution >= 0.6 is 15.6 Å². The SMILES string of the molecule is CCC(C)CCCCCCCCCCCCCCCCCCCCC(=O)OC[C@H](COP(=O)(O)OC[C@@H](O)COP(=O)(O)OC[C@@H](COC(=O)CCCCCCCCC(C)CC)OC(=O)CCCCCCCCCC(C)C)OC(=O)CCCCCCCCC(C)C. The van der Waals surface area contributed by atoms with Crippen LogP contribution < -0.4 is 0 Å². The van der Waals surface area contributed by atoms with Gasteiger partial charge in [-0.25, -0.2) is 9.13 Å². The minimum absolute atomic E-state index is 0.102. The number of esters is 4. The van der Waals surface area contributed by atoms with E-state index in [9.17, 15) is 43.2 Å². The van der Waals surface area contributed by atoms with Crippen molar-refractivity contribution in [2.45, 2.75) is 375 Å². The second-order valence-corrected chi connectivity index (χ2v) is 30.3. The van der Waals surface area contributed by atoms with Crippen molar-refractivity contribution < 1.29 is 80.2 Å². The third-order valence-electron chi connectivity index (χ3n) is 17.3. The number of hydrogen-bond acceptors (Lipinski definition) is 15. The zero-order valence-corrected chi connectivity index (χ0v) is 61.3. The zero-order valence-electron chi connectivity index (χ0n) is 59.5. The Kier molecular flexibility index (Phi) is 60.3. The molecule has 0 rings (SSSR count). The summed E-state index contributed by atoms with van der Waals surface area (Å²) in [5, 5.41) is 10.6. The van der Waals surface area contributed by atoms with Crippen molar-refractivity contribution in [3.63, 3.8) is 0 Å². The first kappa shape index (κ1) is 89.1. The van der Waals surface area contributed by atoms with Crippen molar-refractivity contribution in [3.8, 4) is 0 Å². The molecule has 0 heterocycles. The van der Waals surface area contributed by atoms with E-state index in [1.807, 2.05) is 0 Å². The molecule has 0 bridgehead atoms. The second kappa shape index (κ2) is 61.6. The summed E-state index contributed by atoms with van der Waals surface area (Å²) in [6, 6.07) is 0. The van der Waals surface area contributed by atoms with Crippen LogP contribution in [-0.2, 0) is 65.4 Å². The molecule has 0 aromatic rings. The Labute approximate surface area is 556 Å². The Balaban J connectivity index is 5.09. The molecule has 7 atom stereocenters. The highest BCUT2D eigenvalue weighted by Crippen LogP contribution is 2.45. The van der Waals surface area contributed by atoms with Crippen molar-refractivity contribution in [1.82, 2.24) is 0 Å². The minimum Gasteiger partial charge on any atom is -0.462 e. The maximum Gasteiger partial charge on any atom is 0.472 e. The van der Waals surface area contributed by atoms with Gasteiger partial charge in [-0.2, -0.15) is 0 Å². The fourth-order valence-corrected chi connectivity index (χ4v) is 12.4. The molecule has 91 heavy (non-hydrogen) atoms. The van der Waals surface area contributed by atoms with Crippen LogP contribution in [-0.4, -0.2) is 96.7 Å². The fraction of sp³-hybridized carbons (Fsp3) is 0.944. The number of carbonyl (C=O) groups excluding carboxylic acids is 4. The van der Waals surface area contributed by atoms with E-state index < -0.39 is 97.5 Å². The number of ether oxygens (including phenoxy) is 4. The van der Waals surface area contributed by atoms with E-state index in [-0.39, 0.29) is 25.7 Å². The molecule has 0 fully saturated rings. The molecule has 17 nitrogen and oxygen atoms in total. The monoisotopic (exact) mass is 1340 g/mol. The smallest absolute Gasteiger partial charge is 0.462 e. The lowest BCUT2D eigenvalue weighted by Gasteiger charge is -2.21. The number of carbonyl (C=O) groups is 4. The van der Waals surface area contributed by atoms with E-state index in [1.165, 1.54) is 154 Å². The lowest BCUT2D eigenvalue weighted by Crippen LogP contribution is -2.30. The Morgan fingerprint density at radius 3 is 0.780 bits per heavy atom. The molecule has 0 radical (unpaired) electrons. The van der Waals surface area contributed by atoms with Crippen LogP contribution in [0.25, 0.3) is 0 Å². The van der Waals surface area contributed by atoms with Gasteiger partial charge in [-0.3, -0.25) is 37.3 Å². The van der Waals surface area contributed by atoms with E-state index in [4.69, 9.17) is 37.0 Å². The molecule has 0 saturated heterocycles. The molecular weight excluding hydrogens is 1200 g/mol. The van der Waals surface area contributed by atoms with Gasteiger partial charge in [0.1, 0.15) is 19.3 Å². The minimum atomic E-state index is -4.95. The molecule has 0 aromatic carbocycles. The molecule has 0 aliphatic heterocycles. The molecule has 0 aliphatic carbocycles. The molecule has 3 N–H and O–H groups in total. The Bertz CT molecular complexity index is 1800. The summed E-state index contributed by atoms with van der Waals surface area (Å²) in [6.07, 6.45) is 45.0. The van der Waals surface area contributed by atoms with Crippen LogP contribution in [0.3, 0.4) is 0 Å². The fourth-order valence-electron chi connectivity index (χ4n) is 10.8. The predicted molar refractivity (Wildman–Crippen MR) is 367 cm³/mol. The molecule has 540 valence electrons. The van der Waals surface area contributed by atoms with Crippen molar-refractivity contribution >= 4 is 39.5 Å². The molecule has 19 heteroatoms. The zero-order chi connectivity index (χ0) is 67.5. The molecule has 0 amide bonds. The van der Waals surface area contributed by atoms with Crippen molar-refractivity contribution in [2.24, 2.45) is 23.7 Å². The van der Waals surface area contributed by atoms with Gasteiger partial charge in [0, 0.05) is 25.7 Å². The standard InChI is InChI=1S/C72H140O17P2/c1-9-64(7)50-42-34-25-21-19-17-15-13-11-12-14-16-18-20-22-26-36-44-52-69(74)82-58-68(89-72(77)55-47-39-30-28-33-41-49-63(5)6)61-87-91(80,81)85-57-66(73)56-84-90(78,79)86-60-67(88-71(76)54-46-38-27-23-24-32-40-48-62(3)4)59-83-70(75)53-45-37-31-29-35-43-51-65(8)10-2/h62-68,73H,9-61H2,1-8H3,(H,78,79)(H,80,81)/t64?,65?,66-,67+,68+/m0/s1. The number of phosphoric acid groups is 2. The van der Waals surface area contributed by atoms with Gasteiger partial charge >= 0.3 is 39.5 Å². The maximum absolute atomic E-state index is 13.0. The number of hydrogen-bond donors (Lipinski definition) is 3. The Morgan fingerprint density at radius 1 is 0.308 bits per heavy atom. The molecule has 0 aromatic heterocycles. The van der Waals surface area contributed by atoms with E-state index in [0.717, 1.165) is 108 Å². The molecule has 0 spiro atoms. The topological polar surface area (TPSA) is 237 Å². The van der Waals surface area contributed by atoms with Gasteiger partial charge in [0.15, 0.2) is 12.2 Å². The highest BCUT2D eigenvalue weighted by atomic mass is 31.2. The van der Waals surface area contributed by atoms with Gasteiger partial charge in [-0.05, 0) is 49.4 Å². The van der Waals surface area contributed by atoms with Crippen molar-refractivity contribution in [1.29, 1.82) is 0 Å². The summed E-state index contributed by atoms with van der Waals surface area (Å²) in [5.74, 6) is 0.833. The molecule has 0 saturated carbocycles. The van der Waals surface area contributed by atoms with Crippen LogP contribution in [0.5, 0.6) is 0 Å². The number of aliphatic hydroxyl groups is 1. The van der Waals surface area contributed by atoms with Crippen LogP contribution in [0.1, 0.15) is 357 Å². The lowest BCUT2D eigenvalue weighted by atomic mass is 9.99. The predicted octanol–water partition coefficient (Wildman–Crippen LogP) is 20.5. The second-order valence-electron chi connectivity index (χ2n) is 27.4. The highest BCUT2D eigenvalue weighted by molar-refractivity contribution is 7.47. The maximum atomic E-state index is 13.0. The quantitative estimate of drug-likeness (QED) is 0.0222.